The van der Waals surface area contributed by atoms with E-state index in [1.165, 1.54) is 4.70 Å². The third-order valence-corrected chi connectivity index (χ3v) is 5.52. The van der Waals surface area contributed by atoms with Crippen LogP contribution in [0.5, 0.6) is 0 Å². The third-order valence-electron chi connectivity index (χ3n) is 4.42. The van der Waals surface area contributed by atoms with Gasteiger partial charge in [-0.15, -0.1) is 0 Å². The van der Waals surface area contributed by atoms with E-state index in [2.05, 4.69) is 43.7 Å². The Hall–Kier alpha value is -2.41. The summed E-state index contributed by atoms with van der Waals surface area (Å²) in [7, 11) is 1.88. The van der Waals surface area contributed by atoms with Crippen LogP contribution in [0.2, 0.25) is 0 Å². The van der Waals surface area contributed by atoms with Crippen LogP contribution in [-0.2, 0) is 0 Å². The summed E-state index contributed by atoms with van der Waals surface area (Å²) in [5.74, 6) is 1.54. The first-order valence-corrected chi connectivity index (χ1v) is 9.43. The molecule has 1 unspecified atom stereocenters. The molecular weight excluding hydrogens is 332 g/mol. The molecule has 0 bridgehead atoms. The molecule has 1 atom stereocenters. The zero-order valence-electron chi connectivity index (χ0n) is 14.5. The number of rotatable bonds is 4. The maximum atomic E-state index is 4.79. The number of thiazole rings is 1. The molecule has 3 heterocycles. The summed E-state index contributed by atoms with van der Waals surface area (Å²) in [4.78, 5) is 16.2. The van der Waals surface area contributed by atoms with E-state index in [4.69, 9.17) is 4.98 Å². The van der Waals surface area contributed by atoms with E-state index in [0.29, 0.717) is 12.0 Å². The Balaban J connectivity index is 1.50. The summed E-state index contributed by atoms with van der Waals surface area (Å²) in [6.45, 7) is 3.96. The van der Waals surface area contributed by atoms with E-state index in [-0.39, 0.29) is 0 Å². The lowest BCUT2D eigenvalue weighted by Crippen LogP contribution is -2.42. The highest BCUT2D eigenvalue weighted by molar-refractivity contribution is 7.22. The molecule has 3 aromatic rings. The quantitative estimate of drug-likeness (QED) is 0.747. The second kappa shape index (κ2) is 6.84. The van der Waals surface area contributed by atoms with Crippen molar-refractivity contribution >= 4 is 38.5 Å². The highest BCUT2D eigenvalue weighted by Gasteiger charge is 2.23. The molecular formula is C18H22N6S. The minimum Gasteiger partial charge on any atom is -0.373 e. The number of para-hydroxylation sites is 1. The Bertz CT molecular complexity index is 844. The van der Waals surface area contributed by atoms with Gasteiger partial charge in [-0.3, -0.25) is 0 Å². The fourth-order valence-electron chi connectivity index (χ4n) is 3.21. The number of benzene rings is 1. The SMILES string of the molecule is CNc1cc(C)nc(NC2CCCN(c3nc4ccccc4s3)C2)n1. The third kappa shape index (κ3) is 3.51. The van der Waals surface area contributed by atoms with Crippen molar-refractivity contribution in [3.63, 3.8) is 0 Å². The maximum absolute atomic E-state index is 4.79. The summed E-state index contributed by atoms with van der Waals surface area (Å²) in [6.07, 6.45) is 2.26. The second-order valence-corrected chi connectivity index (χ2v) is 7.37. The van der Waals surface area contributed by atoms with Crippen LogP contribution in [0.4, 0.5) is 16.9 Å². The first-order valence-electron chi connectivity index (χ1n) is 8.62. The lowest BCUT2D eigenvalue weighted by molar-refractivity contribution is 0.527. The van der Waals surface area contributed by atoms with Gasteiger partial charge in [-0.1, -0.05) is 23.5 Å². The average molecular weight is 354 g/mol. The highest BCUT2D eigenvalue weighted by atomic mass is 32.1. The molecule has 1 aliphatic heterocycles. The van der Waals surface area contributed by atoms with Gasteiger partial charge in [0.25, 0.3) is 0 Å². The zero-order chi connectivity index (χ0) is 17.2. The van der Waals surface area contributed by atoms with Gasteiger partial charge in [0.15, 0.2) is 5.13 Å². The van der Waals surface area contributed by atoms with Crippen LogP contribution in [0.1, 0.15) is 18.5 Å². The van der Waals surface area contributed by atoms with Crippen LogP contribution >= 0.6 is 11.3 Å². The monoisotopic (exact) mass is 354 g/mol. The van der Waals surface area contributed by atoms with Crippen LogP contribution < -0.4 is 15.5 Å². The highest BCUT2D eigenvalue weighted by Crippen LogP contribution is 2.30. The summed E-state index contributed by atoms with van der Waals surface area (Å²) in [6, 6.07) is 10.6. The van der Waals surface area contributed by atoms with E-state index >= 15 is 0 Å². The summed E-state index contributed by atoms with van der Waals surface area (Å²) in [5.41, 5.74) is 2.04. The molecule has 7 heteroatoms. The van der Waals surface area contributed by atoms with E-state index in [1.807, 2.05) is 26.1 Å². The summed E-state index contributed by atoms with van der Waals surface area (Å²) >= 11 is 1.77. The van der Waals surface area contributed by atoms with Crippen LogP contribution in [0, 0.1) is 6.92 Å². The standard InChI is InChI=1S/C18H22N6S/c1-12-10-16(19-2)23-17(20-12)21-13-6-5-9-24(11-13)18-22-14-7-3-4-8-15(14)25-18/h3-4,7-8,10,13H,5-6,9,11H2,1-2H3,(H2,19,20,21,23). The molecule has 0 amide bonds. The predicted molar refractivity (Wildman–Crippen MR) is 105 cm³/mol. The van der Waals surface area contributed by atoms with Crippen molar-refractivity contribution in [1.29, 1.82) is 0 Å². The summed E-state index contributed by atoms with van der Waals surface area (Å²) in [5, 5.41) is 7.69. The largest absolute Gasteiger partial charge is 0.373 e. The van der Waals surface area contributed by atoms with Gasteiger partial charge >= 0.3 is 0 Å². The van der Waals surface area contributed by atoms with Crippen molar-refractivity contribution in [3.05, 3.63) is 36.0 Å². The molecule has 0 saturated carbocycles. The number of anilines is 3. The van der Waals surface area contributed by atoms with E-state index in [0.717, 1.165) is 48.1 Å². The van der Waals surface area contributed by atoms with Gasteiger partial charge < -0.3 is 15.5 Å². The molecule has 2 aromatic heterocycles. The van der Waals surface area contributed by atoms with Crippen molar-refractivity contribution in [2.45, 2.75) is 25.8 Å². The van der Waals surface area contributed by atoms with Gasteiger partial charge in [-0.25, -0.2) is 9.97 Å². The summed E-state index contributed by atoms with van der Waals surface area (Å²) < 4.78 is 1.24. The van der Waals surface area contributed by atoms with Crippen LogP contribution in [0.15, 0.2) is 30.3 Å². The van der Waals surface area contributed by atoms with Gasteiger partial charge in [0.2, 0.25) is 5.95 Å². The zero-order valence-corrected chi connectivity index (χ0v) is 15.3. The predicted octanol–water partition coefficient (Wildman–Crippen LogP) is 3.52. The Morgan fingerprint density at radius 1 is 1.20 bits per heavy atom. The Morgan fingerprint density at radius 2 is 2.08 bits per heavy atom. The Labute approximate surface area is 151 Å². The number of piperidine rings is 1. The Morgan fingerprint density at radius 3 is 2.92 bits per heavy atom. The van der Waals surface area contributed by atoms with E-state index in [9.17, 15) is 0 Å². The number of fused-ring (bicyclic) bond motifs is 1. The minimum absolute atomic E-state index is 0.326. The maximum Gasteiger partial charge on any atom is 0.225 e. The first-order chi connectivity index (χ1) is 12.2. The Kier molecular flexibility index (Phi) is 4.40. The topological polar surface area (TPSA) is 66.0 Å². The number of nitrogens with zero attached hydrogens (tertiary/aromatic N) is 4. The van der Waals surface area contributed by atoms with Crippen LogP contribution in [0.3, 0.4) is 0 Å². The van der Waals surface area contributed by atoms with Gasteiger partial charge in [0, 0.05) is 37.9 Å². The first kappa shape index (κ1) is 16.1. The average Bonchev–Trinajstić information content (AvgIpc) is 3.05. The van der Waals surface area contributed by atoms with E-state index < -0.39 is 0 Å². The lowest BCUT2D eigenvalue weighted by atomic mass is 10.1. The van der Waals surface area contributed by atoms with Crippen molar-refractivity contribution in [2.75, 3.05) is 35.7 Å². The van der Waals surface area contributed by atoms with E-state index in [1.54, 1.807) is 11.3 Å². The normalized spacial score (nSPS) is 17.7. The molecule has 1 saturated heterocycles. The molecule has 25 heavy (non-hydrogen) atoms. The van der Waals surface area contributed by atoms with Gasteiger partial charge in [-0.2, -0.15) is 4.98 Å². The van der Waals surface area contributed by atoms with Crippen molar-refractivity contribution in [3.8, 4) is 0 Å². The van der Waals surface area contributed by atoms with Crippen LogP contribution in [-0.4, -0.2) is 41.1 Å². The van der Waals surface area contributed by atoms with Crippen LogP contribution in [0.25, 0.3) is 10.2 Å². The van der Waals surface area contributed by atoms with Crippen molar-refractivity contribution in [2.24, 2.45) is 0 Å². The van der Waals surface area contributed by atoms with Gasteiger partial charge in [0.05, 0.1) is 10.2 Å². The number of aromatic nitrogens is 3. The molecule has 0 radical (unpaired) electrons. The fraction of sp³-hybridized carbons (Fsp3) is 0.389. The molecule has 6 nitrogen and oxygen atoms in total. The number of hydrogen-bond donors (Lipinski definition) is 2. The molecule has 2 N–H and O–H groups in total. The molecule has 0 spiro atoms. The molecule has 0 aliphatic carbocycles. The molecule has 1 aromatic carbocycles. The van der Waals surface area contributed by atoms with Crippen molar-refractivity contribution < 1.29 is 0 Å². The van der Waals surface area contributed by atoms with Gasteiger partial charge in [0.1, 0.15) is 5.82 Å². The molecule has 1 fully saturated rings. The second-order valence-electron chi connectivity index (χ2n) is 6.36. The molecule has 4 rings (SSSR count). The smallest absolute Gasteiger partial charge is 0.225 e. The number of hydrogen-bond acceptors (Lipinski definition) is 7. The molecule has 130 valence electrons. The number of aryl methyl sites for hydroxylation is 1. The lowest BCUT2D eigenvalue weighted by Gasteiger charge is -2.33. The van der Waals surface area contributed by atoms with Gasteiger partial charge in [-0.05, 0) is 31.9 Å². The van der Waals surface area contributed by atoms with Crippen molar-refractivity contribution in [1.82, 2.24) is 15.0 Å². The minimum atomic E-state index is 0.326. The fourth-order valence-corrected chi connectivity index (χ4v) is 4.21. The number of nitrogens with one attached hydrogen (secondary N) is 2. The molecule has 1 aliphatic rings.